The molecule has 2 heterocycles. The molecule has 0 aliphatic carbocycles. The number of aromatic nitrogens is 2. The van der Waals surface area contributed by atoms with Crippen molar-refractivity contribution in [2.75, 3.05) is 26.7 Å². The second kappa shape index (κ2) is 7.90. The van der Waals surface area contributed by atoms with Crippen molar-refractivity contribution < 1.29 is 14.3 Å². The molecule has 1 saturated heterocycles. The van der Waals surface area contributed by atoms with Gasteiger partial charge in [-0.2, -0.15) is 5.10 Å². The lowest BCUT2D eigenvalue weighted by Crippen LogP contribution is -2.44. The molecule has 0 unspecified atom stereocenters. The van der Waals surface area contributed by atoms with Crippen LogP contribution in [0.5, 0.6) is 5.75 Å². The molecule has 3 amide bonds. The Hall–Kier alpha value is -3.03. The number of carbonyl (C=O) groups is 2. The summed E-state index contributed by atoms with van der Waals surface area (Å²) in [7, 11) is 1.62. The van der Waals surface area contributed by atoms with Crippen LogP contribution in [0.25, 0.3) is 5.69 Å². The lowest BCUT2D eigenvalue weighted by molar-refractivity contribution is -0.121. The molecular formula is C18H23N5O3. The number of amides is 3. The standard InChI is InChI=1S/C18H23N5O3/c1-13(21-18(25)22-9-3-8-19-17(24)12-22)14-10-20-23(11-14)15-4-6-16(26-2)7-5-15/h4-7,10-11,13H,3,8-9,12H2,1-2H3,(H,19,24)(H,21,25)/t13-/m0/s1. The maximum Gasteiger partial charge on any atom is 0.318 e. The van der Waals surface area contributed by atoms with Gasteiger partial charge in [0, 0.05) is 24.8 Å². The minimum absolute atomic E-state index is 0.0870. The number of rotatable bonds is 4. The summed E-state index contributed by atoms with van der Waals surface area (Å²) in [6, 6.07) is 7.09. The molecule has 0 spiro atoms. The van der Waals surface area contributed by atoms with E-state index in [-0.39, 0.29) is 24.5 Å². The predicted molar refractivity (Wildman–Crippen MR) is 96.3 cm³/mol. The molecule has 1 atom stereocenters. The molecule has 1 fully saturated rings. The van der Waals surface area contributed by atoms with E-state index >= 15 is 0 Å². The molecule has 26 heavy (non-hydrogen) atoms. The Morgan fingerprint density at radius 1 is 1.35 bits per heavy atom. The van der Waals surface area contributed by atoms with Crippen LogP contribution in [0.1, 0.15) is 24.9 Å². The lowest BCUT2D eigenvalue weighted by atomic mass is 10.2. The number of hydrogen-bond donors (Lipinski definition) is 2. The summed E-state index contributed by atoms with van der Waals surface area (Å²) in [6.45, 7) is 3.14. The number of carbonyl (C=O) groups excluding carboxylic acids is 2. The average Bonchev–Trinajstić information content (AvgIpc) is 3.04. The number of methoxy groups -OCH3 is 1. The van der Waals surface area contributed by atoms with E-state index in [4.69, 9.17) is 4.74 Å². The Kier molecular flexibility index (Phi) is 5.40. The Balaban J connectivity index is 1.64. The molecular weight excluding hydrogens is 334 g/mol. The molecule has 0 saturated carbocycles. The Morgan fingerprint density at radius 3 is 2.85 bits per heavy atom. The lowest BCUT2D eigenvalue weighted by Gasteiger charge is -2.22. The fraction of sp³-hybridized carbons (Fsp3) is 0.389. The van der Waals surface area contributed by atoms with Gasteiger partial charge < -0.3 is 20.3 Å². The SMILES string of the molecule is COc1ccc(-n2cc([C@H](C)NC(=O)N3CCCNC(=O)C3)cn2)cc1. The molecule has 1 aliphatic heterocycles. The van der Waals surface area contributed by atoms with Crippen LogP contribution in [-0.4, -0.2) is 53.4 Å². The van der Waals surface area contributed by atoms with E-state index in [2.05, 4.69) is 15.7 Å². The van der Waals surface area contributed by atoms with Crippen molar-refractivity contribution in [2.45, 2.75) is 19.4 Å². The summed E-state index contributed by atoms with van der Waals surface area (Å²) < 4.78 is 6.90. The van der Waals surface area contributed by atoms with Crippen LogP contribution < -0.4 is 15.4 Å². The normalized spacial score (nSPS) is 15.8. The van der Waals surface area contributed by atoms with Gasteiger partial charge in [0.1, 0.15) is 12.3 Å². The summed E-state index contributed by atoms with van der Waals surface area (Å²) in [5, 5.41) is 10.0. The van der Waals surface area contributed by atoms with E-state index in [1.54, 1.807) is 18.0 Å². The Bertz CT molecular complexity index is 771. The summed E-state index contributed by atoms with van der Waals surface area (Å²) in [6.07, 6.45) is 4.36. The van der Waals surface area contributed by atoms with Gasteiger partial charge in [-0.15, -0.1) is 0 Å². The third-order valence-electron chi connectivity index (χ3n) is 4.33. The van der Waals surface area contributed by atoms with Crippen molar-refractivity contribution in [1.29, 1.82) is 0 Å². The quantitative estimate of drug-likeness (QED) is 0.867. The maximum atomic E-state index is 12.4. The second-order valence-corrected chi connectivity index (χ2v) is 6.21. The molecule has 8 heteroatoms. The highest BCUT2D eigenvalue weighted by molar-refractivity contribution is 5.84. The summed E-state index contributed by atoms with van der Waals surface area (Å²) in [5.41, 5.74) is 1.79. The third-order valence-corrected chi connectivity index (χ3v) is 4.33. The molecule has 3 rings (SSSR count). The highest BCUT2D eigenvalue weighted by atomic mass is 16.5. The first kappa shape index (κ1) is 17.8. The molecule has 0 radical (unpaired) electrons. The third kappa shape index (κ3) is 4.14. The Labute approximate surface area is 152 Å². The van der Waals surface area contributed by atoms with Crippen molar-refractivity contribution in [3.05, 3.63) is 42.2 Å². The number of benzene rings is 1. The van der Waals surface area contributed by atoms with E-state index in [0.29, 0.717) is 13.1 Å². The molecule has 2 N–H and O–H groups in total. The average molecular weight is 357 g/mol. The summed E-state index contributed by atoms with van der Waals surface area (Å²) in [4.78, 5) is 25.6. The predicted octanol–water partition coefficient (Wildman–Crippen LogP) is 1.47. The van der Waals surface area contributed by atoms with Crippen molar-refractivity contribution in [3.8, 4) is 11.4 Å². The number of hydrogen-bond acceptors (Lipinski definition) is 4. The van der Waals surface area contributed by atoms with Gasteiger partial charge in [-0.1, -0.05) is 0 Å². The van der Waals surface area contributed by atoms with E-state index in [1.165, 1.54) is 4.90 Å². The molecule has 0 bridgehead atoms. The van der Waals surface area contributed by atoms with Gasteiger partial charge in [-0.3, -0.25) is 4.79 Å². The zero-order chi connectivity index (χ0) is 18.5. The zero-order valence-corrected chi connectivity index (χ0v) is 14.9. The maximum absolute atomic E-state index is 12.4. The van der Waals surface area contributed by atoms with Crippen LogP contribution in [0.15, 0.2) is 36.7 Å². The molecule has 2 aromatic rings. The minimum Gasteiger partial charge on any atom is -0.497 e. The monoisotopic (exact) mass is 357 g/mol. The van der Waals surface area contributed by atoms with Gasteiger partial charge in [0.05, 0.1) is 25.0 Å². The zero-order valence-electron chi connectivity index (χ0n) is 14.9. The molecule has 1 aromatic carbocycles. The van der Waals surface area contributed by atoms with Crippen molar-refractivity contribution in [1.82, 2.24) is 25.3 Å². The molecule has 8 nitrogen and oxygen atoms in total. The molecule has 1 aromatic heterocycles. The summed E-state index contributed by atoms with van der Waals surface area (Å²) in [5.74, 6) is 0.654. The van der Waals surface area contributed by atoms with Crippen molar-refractivity contribution in [3.63, 3.8) is 0 Å². The van der Waals surface area contributed by atoms with Crippen LogP contribution in [0.3, 0.4) is 0 Å². The molecule has 138 valence electrons. The second-order valence-electron chi connectivity index (χ2n) is 6.21. The Morgan fingerprint density at radius 2 is 2.12 bits per heavy atom. The first-order valence-electron chi connectivity index (χ1n) is 8.58. The highest BCUT2D eigenvalue weighted by Crippen LogP contribution is 2.17. The van der Waals surface area contributed by atoms with Crippen molar-refractivity contribution in [2.24, 2.45) is 0 Å². The number of ether oxygens (including phenoxy) is 1. The largest absolute Gasteiger partial charge is 0.497 e. The van der Waals surface area contributed by atoms with Crippen LogP contribution in [0.4, 0.5) is 4.79 Å². The van der Waals surface area contributed by atoms with Gasteiger partial charge in [-0.25, -0.2) is 9.48 Å². The van der Waals surface area contributed by atoms with Crippen LogP contribution in [0, 0.1) is 0 Å². The van der Waals surface area contributed by atoms with Crippen LogP contribution >= 0.6 is 0 Å². The first-order valence-corrected chi connectivity index (χ1v) is 8.58. The number of urea groups is 1. The van der Waals surface area contributed by atoms with E-state index in [9.17, 15) is 9.59 Å². The van der Waals surface area contributed by atoms with Gasteiger partial charge in [0.2, 0.25) is 5.91 Å². The fourth-order valence-electron chi connectivity index (χ4n) is 2.78. The van der Waals surface area contributed by atoms with Gasteiger partial charge >= 0.3 is 6.03 Å². The van der Waals surface area contributed by atoms with E-state index in [0.717, 1.165) is 23.4 Å². The first-order chi connectivity index (χ1) is 12.6. The smallest absolute Gasteiger partial charge is 0.318 e. The minimum atomic E-state index is -0.244. The van der Waals surface area contributed by atoms with Gasteiger partial charge in [-0.05, 0) is 37.6 Å². The topological polar surface area (TPSA) is 88.5 Å². The van der Waals surface area contributed by atoms with Gasteiger partial charge in [0.25, 0.3) is 0 Å². The van der Waals surface area contributed by atoms with Crippen LogP contribution in [0.2, 0.25) is 0 Å². The fourth-order valence-corrected chi connectivity index (χ4v) is 2.78. The van der Waals surface area contributed by atoms with Crippen molar-refractivity contribution >= 4 is 11.9 Å². The highest BCUT2D eigenvalue weighted by Gasteiger charge is 2.21. The van der Waals surface area contributed by atoms with E-state index < -0.39 is 0 Å². The summed E-state index contributed by atoms with van der Waals surface area (Å²) >= 11 is 0. The van der Waals surface area contributed by atoms with Crippen LogP contribution in [-0.2, 0) is 4.79 Å². The number of nitrogens with zero attached hydrogens (tertiary/aromatic N) is 3. The number of nitrogens with one attached hydrogen (secondary N) is 2. The molecule has 1 aliphatic rings. The van der Waals surface area contributed by atoms with E-state index in [1.807, 2.05) is 37.4 Å². The van der Waals surface area contributed by atoms with Gasteiger partial charge in [0.15, 0.2) is 0 Å².